The monoisotopic (exact) mass is 341 g/mol. The largest absolute Gasteiger partial charge is 0.359 e. The average Bonchev–Trinajstić information content (AvgIpc) is 2.64. The number of hydrogen-bond donors (Lipinski definition) is 1. The van der Waals surface area contributed by atoms with Gasteiger partial charge in [-0.15, -0.1) is 0 Å². The molecule has 0 radical (unpaired) electrons. The van der Waals surface area contributed by atoms with Gasteiger partial charge in [0.15, 0.2) is 11.6 Å². The lowest BCUT2D eigenvalue weighted by Gasteiger charge is -2.18. The van der Waals surface area contributed by atoms with Crippen LogP contribution in [0.4, 0.5) is 26.1 Å². The van der Waals surface area contributed by atoms with E-state index in [0.29, 0.717) is 11.5 Å². The number of nitrogens with one attached hydrogen (secondary N) is 1. The van der Waals surface area contributed by atoms with E-state index in [0.717, 1.165) is 30.9 Å². The van der Waals surface area contributed by atoms with Crippen molar-refractivity contribution >= 4 is 17.3 Å². The molecule has 0 aliphatic heterocycles. The highest BCUT2D eigenvalue weighted by atomic mass is 19.2. The van der Waals surface area contributed by atoms with Crippen LogP contribution in [0.25, 0.3) is 0 Å². The van der Waals surface area contributed by atoms with Crippen molar-refractivity contribution in [2.45, 2.75) is 6.42 Å². The Morgan fingerprint density at radius 1 is 1.00 bits per heavy atom. The molecule has 0 unspecified atom stereocenters. The summed E-state index contributed by atoms with van der Waals surface area (Å²) in [7, 11) is 1.94. The molecule has 25 heavy (non-hydrogen) atoms. The molecule has 0 saturated carbocycles. The smallest absolute Gasteiger partial charge is 0.160 e. The minimum atomic E-state index is -0.909. The molecule has 3 aromatic rings. The Labute approximate surface area is 144 Å². The van der Waals surface area contributed by atoms with Gasteiger partial charge in [-0.1, -0.05) is 0 Å². The fourth-order valence-corrected chi connectivity index (χ4v) is 2.31. The summed E-state index contributed by atoms with van der Waals surface area (Å²) in [6, 6.07) is 9.32. The van der Waals surface area contributed by atoms with Crippen LogP contribution in [0.15, 0.2) is 55.1 Å². The lowest BCUT2D eigenvalue weighted by atomic mass is 10.2. The van der Waals surface area contributed by atoms with Crippen LogP contribution in [-0.4, -0.2) is 28.5 Å². The lowest BCUT2D eigenvalue weighted by molar-refractivity contribution is 0.509. The van der Waals surface area contributed by atoms with Gasteiger partial charge in [-0.3, -0.25) is 4.98 Å². The fourth-order valence-electron chi connectivity index (χ4n) is 2.31. The summed E-state index contributed by atoms with van der Waals surface area (Å²) in [5, 5.41) is 2.95. The molecule has 5 nitrogen and oxygen atoms in total. The molecule has 128 valence electrons. The molecular formula is C18H17F2N5. The number of nitrogens with zero attached hydrogens (tertiary/aromatic N) is 4. The van der Waals surface area contributed by atoms with E-state index < -0.39 is 11.6 Å². The predicted octanol–water partition coefficient (Wildman–Crippen LogP) is 3.57. The Hall–Kier alpha value is -3.09. The third-order valence-corrected chi connectivity index (χ3v) is 3.72. The number of aromatic nitrogens is 3. The highest BCUT2D eigenvalue weighted by Crippen LogP contribution is 2.20. The standard InChI is InChI=1S/C18H17F2N5/c1-25(9-6-13-4-7-21-8-5-13)18-11-17(22-12-23-18)24-14-2-3-15(19)16(20)10-14/h2-5,7-8,10-12H,6,9H2,1H3,(H,22,23,24). The first-order valence-electron chi connectivity index (χ1n) is 7.76. The normalized spacial score (nSPS) is 10.5. The SMILES string of the molecule is CN(CCc1ccncc1)c1cc(Nc2ccc(F)c(F)c2)ncn1. The van der Waals surface area contributed by atoms with Gasteiger partial charge in [0, 0.05) is 43.8 Å². The predicted molar refractivity (Wildman–Crippen MR) is 92.9 cm³/mol. The van der Waals surface area contributed by atoms with Crippen molar-refractivity contribution in [2.75, 3.05) is 23.8 Å². The maximum Gasteiger partial charge on any atom is 0.160 e. The van der Waals surface area contributed by atoms with E-state index in [4.69, 9.17) is 0 Å². The van der Waals surface area contributed by atoms with E-state index in [1.165, 1.54) is 18.0 Å². The zero-order chi connectivity index (χ0) is 17.6. The summed E-state index contributed by atoms with van der Waals surface area (Å²) in [4.78, 5) is 14.4. The molecule has 0 aliphatic rings. The highest BCUT2D eigenvalue weighted by Gasteiger charge is 2.07. The Kier molecular flexibility index (Phi) is 5.13. The van der Waals surface area contributed by atoms with Crippen LogP contribution in [0.2, 0.25) is 0 Å². The minimum Gasteiger partial charge on any atom is -0.359 e. The van der Waals surface area contributed by atoms with Crippen molar-refractivity contribution in [1.29, 1.82) is 0 Å². The van der Waals surface area contributed by atoms with Crippen molar-refractivity contribution in [3.8, 4) is 0 Å². The van der Waals surface area contributed by atoms with Crippen molar-refractivity contribution in [2.24, 2.45) is 0 Å². The molecule has 0 aliphatic carbocycles. The molecule has 2 heterocycles. The fraction of sp³-hybridized carbons (Fsp3) is 0.167. The van der Waals surface area contributed by atoms with Crippen LogP contribution >= 0.6 is 0 Å². The first kappa shape index (κ1) is 16.8. The Morgan fingerprint density at radius 2 is 1.80 bits per heavy atom. The van der Waals surface area contributed by atoms with E-state index >= 15 is 0 Å². The van der Waals surface area contributed by atoms with Crippen molar-refractivity contribution in [3.63, 3.8) is 0 Å². The van der Waals surface area contributed by atoms with Gasteiger partial charge >= 0.3 is 0 Å². The molecular weight excluding hydrogens is 324 g/mol. The van der Waals surface area contributed by atoms with E-state index in [2.05, 4.69) is 20.3 Å². The molecule has 1 aromatic carbocycles. The molecule has 0 atom stereocenters. The molecule has 0 amide bonds. The molecule has 0 fully saturated rings. The van der Waals surface area contributed by atoms with Gasteiger partial charge in [0.05, 0.1) is 0 Å². The van der Waals surface area contributed by atoms with Gasteiger partial charge in [-0.25, -0.2) is 18.7 Å². The van der Waals surface area contributed by atoms with Crippen LogP contribution < -0.4 is 10.2 Å². The summed E-state index contributed by atoms with van der Waals surface area (Å²) in [5.74, 6) is -0.556. The van der Waals surface area contributed by atoms with Gasteiger partial charge in [0.25, 0.3) is 0 Å². The van der Waals surface area contributed by atoms with Crippen LogP contribution in [-0.2, 0) is 6.42 Å². The molecule has 1 N–H and O–H groups in total. The summed E-state index contributed by atoms with van der Waals surface area (Å²) in [6.07, 6.45) is 5.82. The maximum atomic E-state index is 13.3. The number of halogens is 2. The number of likely N-dealkylation sites (N-methyl/N-ethyl adjacent to an activating group) is 1. The van der Waals surface area contributed by atoms with Crippen LogP contribution in [0.1, 0.15) is 5.56 Å². The second-order valence-corrected chi connectivity index (χ2v) is 5.54. The summed E-state index contributed by atoms with van der Waals surface area (Å²) < 4.78 is 26.3. The summed E-state index contributed by atoms with van der Waals surface area (Å²) >= 11 is 0. The second-order valence-electron chi connectivity index (χ2n) is 5.54. The molecule has 0 spiro atoms. The number of pyridine rings is 1. The molecule has 3 rings (SSSR count). The summed E-state index contributed by atoms with van der Waals surface area (Å²) in [5.41, 5.74) is 1.61. The number of rotatable bonds is 6. The highest BCUT2D eigenvalue weighted by molar-refractivity contribution is 5.59. The zero-order valence-corrected chi connectivity index (χ0v) is 13.7. The third kappa shape index (κ3) is 4.47. The Morgan fingerprint density at radius 3 is 2.56 bits per heavy atom. The Balaban J connectivity index is 1.66. The first-order valence-corrected chi connectivity index (χ1v) is 7.76. The maximum absolute atomic E-state index is 13.3. The van der Waals surface area contributed by atoms with Gasteiger partial charge in [0.1, 0.15) is 18.0 Å². The van der Waals surface area contributed by atoms with Gasteiger partial charge in [0.2, 0.25) is 0 Å². The zero-order valence-electron chi connectivity index (χ0n) is 13.7. The Bertz CT molecular complexity index is 842. The number of hydrogen-bond acceptors (Lipinski definition) is 5. The summed E-state index contributed by atoms with van der Waals surface area (Å²) in [6.45, 7) is 0.769. The van der Waals surface area contributed by atoms with Crippen molar-refractivity contribution in [3.05, 3.63) is 72.3 Å². The van der Waals surface area contributed by atoms with E-state index in [9.17, 15) is 8.78 Å². The van der Waals surface area contributed by atoms with Crippen LogP contribution in [0.3, 0.4) is 0 Å². The molecule has 0 bridgehead atoms. The molecule has 2 aromatic heterocycles. The lowest BCUT2D eigenvalue weighted by Crippen LogP contribution is -2.21. The average molecular weight is 341 g/mol. The minimum absolute atomic E-state index is 0.419. The van der Waals surface area contributed by atoms with Crippen LogP contribution in [0.5, 0.6) is 0 Å². The number of anilines is 3. The van der Waals surface area contributed by atoms with Gasteiger partial charge in [-0.2, -0.15) is 0 Å². The van der Waals surface area contributed by atoms with Gasteiger partial charge in [-0.05, 0) is 36.2 Å². The third-order valence-electron chi connectivity index (χ3n) is 3.72. The van der Waals surface area contributed by atoms with E-state index in [1.807, 2.05) is 24.1 Å². The topological polar surface area (TPSA) is 53.9 Å². The number of benzene rings is 1. The van der Waals surface area contributed by atoms with Crippen molar-refractivity contribution < 1.29 is 8.78 Å². The first-order chi connectivity index (χ1) is 12.1. The molecule has 0 saturated heterocycles. The molecule has 7 heteroatoms. The van der Waals surface area contributed by atoms with Crippen molar-refractivity contribution in [1.82, 2.24) is 15.0 Å². The second kappa shape index (κ2) is 7.65. The van der Waals surface area contributed by atoms with Gasteiger partial charge < -0.3 is 10.2 Å². The van der Waals surface area contributed by atoms with E-state index in [1.54, 1.807) is 18.5 Å². The quantitative estimate of drug-likeness (QED) is 0.743. The van der Waals surface area contributed by atoms with E-state index in [-0.39, 0.29) is 0 Å². The van der Waals surface area contributed by atoms with Crippen LogP contribution in [0, 0.1) is 11.6 Å².